The second-order valence-corrected chi connectivity index (χ2v) is 5.68. The first-order valence-electron chi connectivity index (χ1n) is 6.89. The summed E-state index contributed by atoms with van der Waals surface area (Å²) in [6.45, 7) is 0. The summed E-state index contributed by atoms with van der Waals surface area (Å²) >= 11 is 1.42. The monoisotopic (exact) mass is 320 g/mol. The molecule has 0 bridgehead atoms. The van der Waals surface area contributed by atoms with Gasteiger partial charge in [-0.2, -0.15) is 5.26 Å². The Morgan fingerprint density at radius 3 is 2.57 bits per heavy atom. The molecule has 6 heteroatoms. The van der Waals surface area contributed by atoms with E-state index in [1.807, 2.05) is 36.4 Å². The van der Waals surface area contributed by atoms with E-state index in [-0.39, 0.29) is 5.56 Å². The van der Waals surface area contributed by atoms with Crippen molar-refractivity contribution in [3.8, 4) is 17.3 Å². The fourth-order valence-corrected chi connectivity index (χ4v) is 2.89. The number of nitrogens with one attached hydrogen (secondary N) is 1. The Bertz CT molecular complexity index is 901. The lowest BCUT2D eigenvalue weighted by atomic mass is 10.1. The normalized spacial score (nSPS) is 10.2. The molecule has 0 radical (unpaired) electrons. The topological polar surface area (TPSA) is 82.4 Å². The van der Waals surface area contributed by atoms with Gasteiger partial charge in [-0.3, -0.25) is 9.78 Å². The predicted molar refractivity (Wildman–Crippen MR) is 88.8 cm³/mol. The lowest BCUT2D eigenvalue weighted by Crippen LogP contribution is -2.14. The van der Waals surface area contributed by atoms with E-state index in [0.29, 0.717) is 22.2 Å². The molecule has 1 N–H and O–H groups in total. The van der Waals surface area contributed by atoms with Crippen LogP contribution in [0.1, 0.15) is 11.1 Å². The second kappa shape index (κ2) is 6.90. The molecule has 23 heavy (non-hydrogen) atoms. The highest BCUT2D eigenvalue weighted by Crippen LogP contribution is 2.23. The summed E-state index contributed by atoms with van der Waals surface area (Å²) in [5, 5.41) is 9.72. The van der Waals surface area contributed by atoms with Gasteiger partial charge in [-0.15, -0.1) is 0 Å². The molecule has 0 aliphatic carbocycles. The molecule has 5 nitrogen and oxygen atoms in total. The van der Waals surface area contributed by atoms with Crippen molar-refractivity contribution >= 4 is 11.8 Å². The summed E-state index contributed by atoms with van der Waals surface area (Å²) in [7, 11) is 0. The van der Waals surface area contributed by atoms with Crippen molar-refractivity contribution < 1.29 is 0 Å². The Kier molecular flexibility index (Phi) is 4.50. The average molecular weight is 320 g/mol. The van der Waals surface area contributed by atoms with Crippen LogP contribution in [0.3, 0.4) is 0 Å². The number of aromatic amines is 1. The minimum atomic E-state index is -0.426. The largest absolute Gasteiger partial charge is 0.300 e. The average Bonchev–Trinajstić information content (AvgIpc) is 2.61. The molecule has 3 aromatic rings. The van der Waals surface area contributed by atoms with Crippen LogP contribution in [-0.2, 0) is 5.75 Å². The number of pyridine rings is 1. The summed E-state index contributed by atoms with van der Waals surface area (Å²) in [5.41, 5.74) is 1.80. The molecule has 0 saturated heterocycles. The number of benzene rings is 1. The van der Waals surface area contributed by atoms with Crippen LogP contribution in [-0.4, -0.2) is 15.0 Å². The van der Waals surface area contributed by atoms with Gasteiger partial charge in [-0.25, -0.2) is 4.98 Å². The molecule has 112 valence electrons. The molecular formula is C17H12N4OS. The van der Waals surface area contributed by atoms with Gasteiger partial charge < -0.3 is 4.98 Å². The standard InChI is InChI=1S/C17H12N4OS/c18-10-14-15(13-6-8-19-9-7-13)20-17(21-16(14)22)23-11-12-4-2-1-3-5-12/h1-9H,11H2,(H,20,21,22). The third-order valence-electron chi connectivity index (χ3n) is 3.18. The summed E-state index contributed by atoms with van der Waals surface area (Å²) in [6, 6.07) is 15.3. The van der Waals surface area contributed by atoms with Gasteiger partial charge in [0.15, 0.2) is 5.16 Å². The molecular weight excluding hydrogens is 308 g/mol. The number of nitriles is 1. The Morgan fingerprint density at radius 2 is 1.87 bits per heavy atom. The molecule has 0 atom stereocenters. The number of nitrogens with zero attached hydrogens (tertiary/aromatic N) is 3. The summed E-state index contributed by atoms with van der Waals surface area (Å²) < 4.78 is 0. The van der Waals surface area contributed by atoms with E-state index < -0.39 is 5.56 Å². The SMILES string of the molecule is N#Cc1c(-c2ccncc2)nc(SCc2ccccc2)[nH]c1=O. The van der Waals surface area contributed by atoms with E-state index >= 15 is 0 Å². The maximum Gasteiger partial charge on any atom is 0.270 e. The van der Waals surface area contributed by atoms with Crippen molar-refractivity contribution in [2.24, 2.45) is 0 Å². The van der Waals surface area contributed by atoms with Crippen LogP contribution >= 0.6 is 11.8 Å². The summed E-state index contributed by atoms with van der Waals surface area (Å²) in [6.07, 6.45) is 3.21. The van der Waals surface area contributed by atoms with Gasteiger partial charge in [0.05, 0.1) is 5.69 Å². The number of H-pyrrole nitrogens is 1. The van der Waals surface area contributed by atoms with Gasteiger partial charge in [0.2, 0.25) is 0 Å². The van der Waals surface area contributed by atoms with Crippen LogP contribution in [0.15, 0.2) is 64.8 Å². The van der Waals surface area contributed by atoms with Gasteiger partial charge in [0.1, 0.15) is 11.6 Å². The molecule has 0 aliphatic rings. The molecule has 0 saturated carbocycles. The second-order valence-electron chi connectivity index (χ2n) is 4.72. The summed E-state index contributed by atoms with van der Waals surface area (Å²) in [4.78, 5) is 23.2. The number of rotatable bonds is 4. The zero-order valence-electron chi connectivity index (χ0n) is 12.1. The van der Waals surface area contributed by atoms with Crippen molar-refractivity contribution in [2.45, 2.75) is 10.9 Å². The molecule has 2 aromatic heterocycles. The number of thioether (sulfide) groups is 1. The van der Waals surface area contributed by atoms with Crippen LogP contribution in [0.25, 0.3) is 11.3 Å². The Labute approximate surface area is 137 Å². The fourth-order valence-electron chi connectivity index (χ4n) is 2.07. The van der Waals surface area contributed by atoms with Crippen molar-refractivity contribution in [1.82, 2.24) is 15.0 Å². The highest BCUT2D eigenvalue weighted by molar-refractivity contribution is 7.98. The predicted octanol–water partition coefficient (Wildman–Crippen LogP) is 3.00. The quantitative estimate of drug-likeness (QED) is 0.590. The molecule has 0 spiro atoms. The number of hydrogen-bond donors (Lipinski definition) is 1. The van der Waals surface area contributed by atoms with Gasteiger partial charge in [0, 0.05) is 23.7 Å². The van der Waals surface area contributed by atoms with Crippen molar-refractivity contribution in [3.63, 3.8) is 0 Å². The number of hydrogen-bond acceptors (Lipinski definition) is 5. The molecule has 0 aliphatic heterocycles. The smallest absolute Gasteiger partial charge is 0.270 e. The third kappa shape index (κ3) is 3.47. The van der Waals surface area contributed by atoms with Crippen molar-refractivity contribution in [2.75, 3.05) is 0 Å². The van der Waals surface area contributed by atoms with Crippen LogP contribution in [0, 0.1) is 11.3 Å². The third-order valence-corrected chi connectivity index (χ3v) is 4.13. The Hall–Kier alpha value is -2.91. The lowest BCUT2D eigenvalue weighted by Gasteiger charge is -2.06. The van der Waals surface area contributed by atoms with Crippen LogP contribution in [0.2, 0.25) is 0 Å². The minimum Gasteiger partial charge on any atom is -0.300 e. The molecule has 0 amide bonds. The zero-order chi connectivity index (χ0) is 16.1. The van der Waals surface area contributed by atoms with E-state index in [2.05, 4.69) is 15.0 Å². The molecule has 0 unspecified atom stereocenters. The minimum absolute atomic E-state index is 0.0141. The first-order chi connectivity index (χ1) is 11.3. The van der Waals surface area contributed by atoms with Gasteiger partial charge in [-0.1, -0.05) is 42.1 Å². The van der Waals surface area contributed by atoms with Gasteiger partial charge >= 0.3 is 0 Å². The maximum absolute atomic E-state index is 12.1. The van der Waals surface area contributed by atoms with E-state index in [9.17, 15) is 10.1 Å². The van der Waals surface area contributed by atoms with E-state index in [4.69, 9.17) is 0 Å². The Balaban J connectivity index is 1.95. The number of aromatic nitrogens is 3. The molecule has 1 aromatic carbocycles. The van der Waals surface area contributed by atoms with Crippen LogP contribution in [0.4, 0.5) is 0 Å². The zero-order valence-corrected chi connectivity index (χ0v) is 12.9. The Morgan fingerprint density at radius 1 is 1.13 bits per heavy atom. The first kappa shape index (κ1) is 15.0. The van der Waals surface area contributed by atoms with Gasteiger partial charge in [0.25, 0.3) is 5.56 Å². The van der Waals surface area contributed by atoms with E-state index in [1.165, 1.54) is 11.8 Å². The van der Waals surface area contributed by atoms with E-state index in [1.54, 1.807) is 24.5 Å². The van der Waals surface area contributed by atoms with Crippen molar-refractivity contribution in [1.29, 1.82) is 5.26 Å². The fraction of sp³-hybridized carbons (Fsp3) is 0.0588. The van der Waals surface area contributed by atoms with E-state index in [0.717, 1.165) is 5.56 Å². The first-order valence-corrected chi connectivity index (χ1v) is 7.88. The van der Waals surface area contributed by atoms with Gasteiger partial charge in [-0.05, 0) is 17.7 Å². The highest BCUT2D eigenvalue weighted by atomic mass is 32.2. The highest BCUT2D eigenvalue weighted by Gasteiger charge is 2.13. The summed E-state index contributed by atoms with van der Waals surface area (Å²) in [5.74, 6) is 0.686. The molecule has 3 rings (SSSR count). The molecule has 2 heterocycles. The van der Waals surface area contributed by atoms with Crippen LogP contribution in [0.5, 0.6) is 0 Å². The maximum atomic E-state index is 12.1. The van der Waals surface area contributed by atoms with Crippen LogP contribution < -0.4 is 5.56 Å². The molecule has 0 fully saturated rings. The van der Waals surface area contributed by atoms with Crippen molar-refractivity contribution in [3.05, 3.63) is 76.3 Å². The lowest BCUT2D eigenvalue weighted by molar-refractivity contribution is 0.934.